The summed E-state index contributed by atoms with van der Waals surface area (Å²) in [4.78, 5) is 16.3. The fraction of sp³-hybridized carbons (Fsp3) is 0.405. The smallest absolute Gasteiger partial charge is 0.227 e. The van der Waals surface area contributed by atoms with Gasteiger partial charge in [-0.2, -0.15) is 0 Å². The molecule has 0 spiro atoms. The van der Waals surface area contributed by atoms with Gasteiger partial charge in [-0.05, 0) is 54.0 Å². The van der Waals surface area contributed by atoms with E-state index in [1.54, 1.807) is 0 Å². The molecule has 0 aliphatic rings. The SMILES string of the molecule is CCCCCC(CCCCCCOCCc1ccccc1)N(Cc1ccccc1)C(=O)Cc1cccc(OCc2ccccc2)c1N. The van der Waals surface area contributed by atoms with Crippen LogP contribution in [-0.2, 0) is 35.5 Å². The fourth-order valence-electron chi connectivity index (χ4n) is 6.03. The Balaban J connectivity index is 1.35. The topological polar surface area (TPSA) is 64.8 Å². The molecule has 0 saturated heterocycles. The summed E-state index contributed by atoms with van der Waals surface area (Å²) in [7, 11) is 0. The first-order valence-electron chi connectivity index (χ1n) is 17.6. The highest BCUT2D eigenvalue weighted by Gasteiger charge is 2.25. The van der Waals surface area contributed by atoms with Gasteiger partial charge in [-0.25, -0.2) is 0 Å². The zero-order valence-corrected chi connectivity index (χ0v) is 28.3. The number of nitrogens with two attached hydrogens (primary N) is 1. The summed E-state index contributed by atoms with van der Waals surface area (Å²) in [5, 5.41) is 0. The number of carbonyl (C=O) groups excluding carboxylic acids is 1. The van der Waals surface area contributed by atoms with Gasteiger partial charge in [0.15, 0.2) is 0 Å². The van der Waals surface area contributed by atoms with Gasteiger partial charge in [0.2, 0.25) is 5.91 Å². The van der Waals surface area contributed by atoms with Crippen LogP contribution in [0.15, 0.2) is 109 Å². The number of ether oxygens (including phenoxy) is 2. The zero-order valence-electron chi connectivity index (χ0n) is 28.3. The molecule has 2 N–H and O–H groups in total. The van der Waals surface area contributed by atoms with Gasteiger partial charge in [-0.3, -0.25) is 4.79 Å². The highest BCUT2D eigenvalue weighted by Crippen LogP contribution is 2.28. The predicted molar refractivity (Wildman–Crippen MR) is 194 cm³/mol. The molecule has 47 heavy (non-hydrogen) atoms. The van der Waals surface area contributed by atoms with Gasteiger partial charge in [0, 0.05) is 19.2 Å². The number of hydrogen-bond acceptors (Lipinski definition) is 4. The van der Waals surface area contributed by atoms with Gasteiger partial charge in [-0.1, -0.05) is 149 Å². The van der Waals surface area contributed by atoms with Crippen LogP contribution < -0.4 is 10.5 Å². The third kappa shape index (κ3) is 12.9. The van der Waals surface area contributed by atoms with Crippen molar-refractivity contribution < 1.29 is 14.3 Å². The van der Waals surface area contributed by atoms with Crippen LogP contribution in [0.5, 0.6) is 5.75 Å². The molecule has 0 heterocycles. The number of nitrogen functional groups attached to an aromatic ring is 1. The monoisotopic (exact) mass is 634 g/mol. The highest BCUT2D eigenvalue weighted by molar-refractivity contribution is 5.81. The quantitative estimate of drug-likeness (QED) is 0.0691. The molecule has 0 radical (unpaired) electrons. The summed E-state index contributed by atoms with van der Waals surface area (Å²) in [5.41, 5.74) is 11.5. The van der Waals surface area contributed by atoms with E-state index in [0.29, 0.717) is 24.6 Å². The zero-order chi connectivity index (χ0) is 32.9. The maximum absolute atomic E-state index is 14.2. The summed E-state index contributed by atoms with van der Waals surface area (Å²) in [6.45, 7) is 4.85. The minimum Gasteiger partial charge on any atom is -0.487 e. The van der Waals surface area contributed by atoms with Gasteiger partial charge >= 0.3 is 0 Å². The highest BCUT2D eigenvalue weighted by atomic mass is 16.5. The van der Waals surface area contributed by atoms with Gasteiger partial charge in [0.25, 0.3) is 0 Å². The van der Waals surface area contributed by atoms with Crippen molar-refractivity contribution in [1.29, 1.82) is 0 Å². The van der Waals surface area contributed by atoms with E-state index in [0.717, 1.165) is 87.7 Å². The Morgan fingerprint density at radius 1 is 0.681 bits per heavy atom. The van der Waals surface area contributed by atoms with Crippen LogP contribution in [0.2, 0.25) is 0 Å². The first-order valence-corrected chi connectivity index (χ1v) is 17.6. The normalized spacial score (nSPS) is 11.7. The number of benzene rings is 4. The van der Waals surface area contributed by atoms with Crippen LogP contribution >= 0.6 is 0 Å². The number of para-hydroxylation sites is 1. The molecule has 5 nitrogen and oxygen atoms in total. The summed E-state index contributed by atoms with van der Waals surface area (Å²) < 4.78 is 12.0. The standard InChI is InChI=1S/C42H54N2O3/c1-2-3-9-26-39(27-16-4-5-17-30-46-31-29-35-19-10-6-11-20-35)44(33-36-21-12-7-13-22-36)41(45)32-38-25-18-28-40(42(38)43)47-34-37-23-14-8-15-24-37/h6-8,10-15,18-25,28,39H,2-5,9,16-17,26-27,29-34,43H2,1H3. The first-order chi connectivity index (χ1) is 23.1. The van der Waals surface area contributed by atoms with Crippen LogP contribution in [-0.4, -0.2) is 30.1 Å². The number of carbonyl (C=O) groups is 1. The number of unbranched alkanes of at least 4 members (excludes halogenated alkanes) is 5. The molecule has 0 aromatic heterocycles. The minimum atomic E-state index is 0.120. The number of rotatable bonds is 22. The molecule has 0 saturated carbocycles. The molecule has 0 aliphatic heterocycles. The van der Waals surface area contributed by atoms with E-state index in [1.165, 1.54) is 12.0 Å². The summed E-state index contributed by atoms with van der Waals surface area (Å²) in [5.74, 6) is 0.742. The molecule has 0 aliphatic carbocycles. The van der Waals surface area contributed by atoms with Gasteiger partial charge < -0.3 is 20.1 Å². The van der Waals surface area contributed by atoms with E-state index in [-0.39, 0.29) is 18.4 Å². The lowest BCUT2D eigenvalue weighted by molar-refractivity contribution is -0.134. The van der Waals surface area contributed by atoms with Crippen molar-refractivity contribution in [2.24, 2.45) is 0 Å². The van der Waals surface area contributed by atoms with Gasteiger partial charge in [0.05, 0.1) is 18.7 Å². The van der Waals surface area contributed by atoms with Gasteiger partial charge in [0.1, 0.15) is 12.4 Å². The lowest BCUT2D eigenvalue weighted by atomic mass is 9.98. The van der Waals surface area contributed by atoms with E-state index in [2.05, 4.69) is 60.4 Å². The third-order valence-corrected chi connectivity index (χ3v) is 8.79. The first kappa shape index (κ1) is 35.8. The van der Waals surface area contributed by atoms with E-state index in [9.17, 15) is 4.79 Å². The van der Waals surface area contributed by atoms with Crippen LogP contribution in [0.3, 0.4) is 0 Å². The van der Waals surface area contributed by atoms with Crippen molar-refractivity contribution in [3.63, 3.8) is 0 Å². The largest absolute Gasteiger partial charge is 0.487 e. The molecule has 4 aromatic carbocycles. The second-order valence-electron chi connectivity index (χ2n) is 12.5. The number of amides is 1. The lowest BCUT2D eigenvalue weighted by Gasteiger charge is -2.33. The predicted octanol–water partition coefficient (Wildman–Crippen LogP) is 9.58. The lowest BCUT2D eigenvalue weighted by Crippen LogP contribution is -2.41. The Bertz CT molecular complexity index is 1410. The second kappa shape index (κ2) is 20.9. The van der Waals surface area contributed by atoms with Crippen molar-refractivity contribution in [3.8, 4) is 5.75 Å². The Hall–Kier alpha value is -4.09. The van der Waals surface area contributed by atoms with E-state index in [4.69, 9.17) is 15.2 Å². The third-order valence-electron chi connectivity index (χ3n) is 8.79. The van der Waals surface area contributed by atoms with E-state index in [1.807, 2.05) is 60.7 Å². The van der Waals surface area contributed by atoms with Crippen LogP contribution in [0.1, 0.15) is 87.0 Å². The van der Waals surface area contributed by atoms with Crippen LogP contribution in [0, 0.1) is 0 Å². The molecular formula is C42H54N2O3. The van der Waals surface area contributed by atoms with Crippen molar-refractivity contribution in [2.75, 3.05) is 18.9 Å². The van der Waals surface area contributed by atoms with Crippen LogP contribution in [0.4, 0.5) is 5.69 Å². The Morgan fingerprint density at radius 3 is 1.98 bits per heavy atom. The molecular weight excluding hydrogens is 580 g/mol. The molecule has 1 unspecified atom stereocenters. The molecule has 1 amide bonds. The Kier molecular flexibility index (Phi) is 15.9. The van der Waals surface area contributed by atoms with E-state index < -0.39 is 0 Å². The van der Waals surface area contributed by atoms with Crippen molar-refractivity contribution in [3.05, 3.63) is 131 Å². The fourth-order valence-corrected chi connectivity index (χ4v) is 6.03. The maximum atomic E-state index is 14.2. The van der Waals surface area contributed by atoms with Crippen molar-refractivity contribution in [1.82, 2.24) is 4.90 Å². The molecule has 250 valence electrons. The molecule has 4 aromatic rings. The van der Waals surface area contributed by atoms with E-state index >= 15 is 0 Å². The molecule has 0 bridgehead atoms. The van der Waals surface area contributed by atoms with Crippen molar-refractivity contribution in [2.45, 2.75) is 96.7 Å². The van der Waals surface area contributed by atoms with Gasteiger partial charge in [-0.15, -0.1) is 0 Å². The Labute approximate surface area is 283 Å². The molecule has 1 atom stereocenters. The number of nitrogens with zero attached hydrogens (tertiary/aromatic N) is 1. The number of anilines is 1. The summed E-state index contributed by atoms with van der Waals surface area (Å²) in [6.07, 6.45) is 11.2. The second-order valence-corrected chi connectivity index (χ2v) is 12.5. The Morgan fingerprint density at radius 2 is 1.30 bits per heavy atom. The number of hydrogen-bond donors (Lipinski definition) is 1. The minimum absolute atomic E-state index is 0.120. The molecule has 4 rings (SSSR count). The molecule has 5 heteroatoms. The molecule has 0 fully saturated rings. The van der Waals surface area contributed by atoms with Crippen LogP contribution in [0.25, 0.3) is 0 Å². The summed E-state index contributed by atoms with van der Waals surface area (Å²) >= 11 is 0. The average Bonchev–Trinajstić information content (AvgIpc) is 3.11. The summed E-state index contributed by atoms with van der Waals surface area (Å²) in [6, 6.07) is 36.9. The van der Waals surface area contributed by atoms with Crippen molar-refractivity contribution >= 4 is 11.6 Å². The average molecular weight is 635 g/mol. The maximum Gasteiger partial charge on any atom is 0.227 e.